The number of benzene rings is 1. The van der Waals surface area contributed by atoms with E-state index in [0.29, 0.717) is 12.1 Å². The number of nitrogens with one attached hydrogen (secondary N) is 1. The van der Waals surface area contributed by atoms with Crippen LogP contribution in [0.5, 0.6) is 0 Å². The molecule has 0 atom stereocenters. The predicted octanol–water partition coefficient (Wildman–Crippen LogP) is 3.27. The molecule has 0 saturated heterocycles. The number of rotatable bonds is 4. The summed E-state index contributed by atoms with van der Waals surface area (Å²) < 4.78 is 0.790. The molecule has 1 N–H and O–H groups in total. The summed E-state index contributed by atoms with van der Waals surface area (Å²) in [6.45, 7) is 0.701. The molecule has 0 unspecified atom stereocenters. The van der Waals surface area contributed by atoms with Crippen molar-refractivity contribution in [3.8, 4) is 0 Å². The van der Waals surface area contributed by atoms with Gasteiger partial charge in [-0.15, -0.1) is 0 Å². The highest BCUT2D eigenvalue weighted by atomic mass is 79.9. The predicted molar refractivity (Wildman–Crippen MR) is 71.1 cm³/mol. The van der Waals surface area contributed by atoms with E-state index < -0.39 is 0 Å². The molecular weight excluding hydrogens is 280 g/mol. The fourth-order valence-electron chi connectivity index (χ4n) is 1.43. The van der Waals surface area contributed by atoms with E-state index in [1.54, 1.807) is 12.3 Å². The van der Waals surface area contributed by atoms with Crippen molar-refractivity contribution in [3.63, 3.8) is 0 Å². The third-order valence-electron chi connectivity index (χ3n) is 2.30. The first-order valence-corrected chi connectivity index (χ1v) is 5.97. The molecule has 0 amide bonds. The molecule has 2 rings (SSSR count). The Morgan fingerprint density at radius 1 is 1.29 bits per heavy atom. The molecule has 0 saturated carbocycles. The van der Waals surface area contributed by atoms with Crippen molar-refractivity contribution >= 4 is 28.0 Å². The maximum atomic E-state index is 10.6. The highest BCUT2D eigenvalue weighted by Crippen LogP contribution is 2.20. The second-order valence-corrected chi connectivity index (χ2v) is 4.41. The molecule has 2 aromatic rings. The Hall–Kier alpha value is -1.68. The number of hydrogen-bond acceptors (Lipinski definition) is 3. The lowest BCUT2D eigenvalue weighted by Crippen LogP contribution is -2.02. The Bertz CT molecular complexity index is 514. The zero-order valence-electron chi connectivity index (χ0n) is 9.06. The molecule has 0 aliphatic rings. The third kappa shape index (κ3) is 3.14. The monoisotopic (exact) mass is 290 g/mol. The Kier molecular flexibility index (Phi) is 3.88. The number of hydrogen-bond donors (Lipinski definition) is 1. The summed E-state index contributed by atoms with van der Waals surface area (Å²) in [7, 11) is 0. The largest absolute Gasteiger partial charge is 0.365 e. The SMILES string of the molecule is O=Cc1cnc(NCc2ccccc2)c(Br)c1. The van der Waals surface area contributed by atoms with Crippen LogP contribution in [0.25, 0.3) is 0 Å². The van der Waals surface area contributed by atoms with Crippen molar-refractivity contribution in [2.24, 2.45) is 0 Å². The Balaban J connectivity index is 2.07. The number of halogens is 1. The smallest absolute Gasteiger partial charge is 0.151 e. The van der Waals surface area contributed by atoms with Gasteiger partial charge in [-0.2, -0.15) is 0 Å². The summed E-state index contributed by atoms with van der Waals surface area (Å²) in [6.07, 6.45) is 2.32. The first kappa shape index (κ1) is 11.8. The average Bonchev–Trinajstić information content (AvgIpc) is 2.38. The molecule has 0 bridgehead atoms. The molecule has 3 nitrogen and oxygen atoms in total. The fraction of sp³-hybridized carbons (Fsp3) is 0.0769. The van der Waals surface area contributed by atoms with Gasteiger partial charge < -0.3 is 5.32 Å². The summed E-state index contributed by atoms with van der Waals surface area (Å²) in [5.41, 5.74) is 1.74. The molecule has 0 fully saturated rings. The molecule has 0 radical (unpaired) electrons. The quantitative estimate of drug-likeness (QED) is 0.879. The van der Waals surface area contributed by atoms with Gasteiger partial charge in [-0.1, -0.05) is 30.3 Å². The Labute approximate surface area is 108 Å². The lowest BCUT2D eigenvalue weighted by Gasteiger charge is -2.07. The van der Waals surface area contributed by atoms with Gasteiger partial charge in [0.05, 0.1) is 4.47 Å². The van der Waals surface area contributed by atoms with Crippen LogP contribution in [0.2, 0.25) is 0 Å². The molecule has 1 aromatic heterocycles. The van der Waals surface area contributed by atoms with E-state index in [1.165, 1.54) is 5.56 Å². The van der Waals surface area contributed by atoms with Crippen molar-refractivity contribution in [1.82, 2.24) is 4.98 Å². The van der Waals surface area contributed by atoms with Crippen LogP contribution >= 0.6 is 15.9 Å². The molecular formula is C13H11BrN2O. The minimum Gasteiger partial charge on any atom is -0.365 e. The van der Waals surface area contributed by atoms with E-state index in [0.717, 1.165) is 16.6 Å². The van der Waals surface area contributed by atoms with E-state index in [2.05, 4.69) is 26.2 Å². The molecule has 0 aliphatic carbocycles. The maximum absolute atomic E-state index is 10.6. The second kappa shape index (κ2) is 5.59. The van der Waals surface area contributed by atoms with Gasteiger partial charge in [0.2, 0.25) is 0 Å². The standard InChI is InChI=1S/C13H11BrN2O/c14-12-6-11(9-17)8-16-13(12)15-7-10-4-2-1-3-5-10/h1-6,8-9H,7H2,(H,15,16). The van der Waals surface area contributed by atoms with Gasteiger partial charge in [0, 0.05) is 18.3 Å². The summed E-state index contributed by atoms with van der Waals surface area (Å²) in [5.74, 6) is 0.736. The summed E-state index contributed by atoms with van der Waals surface area (Å²) in [4.78, 5) is 14.7. The van der Waals surface area contributed by atoms with Gasteiger partial charge in [0.15, 0.2) is 6.29 Å². The molecule has 4 heteroatoms. The summed E-state index contributed by atoms with van der Waals surface area (Å²) in [5, 5.41) is 3.21. The van der Waals surface area contributed by atoms with Crippen molar-refractivity contribution in [2.75, 3.05) is 5.32 Å². The van der Waals surface area contributed by atoms with Crippen LogP contribution < -0.4 is 5.32 Å². The number of pyridine rings is 1. The zero-order chi connectivity index (χ0) is 12.1. The van der Waals surface area contributed by atoms with E-state index in [1.807, 2.05) is 30.3 Å². The van der Waals surface area contributed by atoms with Crippen molar-refractivity contribution in [2.45, 2.75) is 6.54 Å². The van der Waals surface area contributed by atoms with Crippen LogP contribution in [0.3, 0.4) is 0 Å². The summed E-state index contributed by atoms with van der Waals surface area (Å²) >= 11 is 3.38. The van der Waals surface area contributed by atoms with Crippen LogP contribution in [-0.2, 0) is 6.54 Å². The lowest BCUT2D eigenvalue weighted by molar-refractivity contribution is 0.112. The summed E-state index contributed by atoms with van der Waals surface area (Å²) in [6, 6.07) is 11.8. The molecule has 86 valence electrons. The van der Waals surface area contributed by atoms with E-state index in [-0.39, 0.29) is 0 Å². The molecule has 0 spiro atoms. The number of aldehydes is 1. The first-order valence-electron chi connectivity index (χ1n) is 5.18. The highest BCUT2D eigenvalue weighted by molar-refractivity contribution is 9.10. The van der Waals surface area contributed by atoms with Gasteiger partial charge in [0.25, 0.3) is 0 Å². The normalized spacial score (nSPS) is 9.94. The van der Waals surface area contributed by atoms with E-state index >= 15 is 0 Å². The first-order chi connectivity index (χ1) is 8.29. The Morgan fingerprint density at radius 3 is 2.71 bits per heavy atom. The highest BCUT2D eigenvalue weighted by Gasteiger charge is 2.02. The van der Waals surface area contributed by atoms with Crippen LogP contribution in [0.4, 0.5) is 5.82 Å². The van der Waals surface area contributed by atoms with Crippen LogP contribution in [0.15, 0.2) is 47.1 Å². The van der Waals surface area contributed by atoms with E-state index in [9.17, 15) is 4.79 Å². The minimum atomic E-state index is 0.558. The average molecular weight is 291 g/mol. The Morgan fingerprint density at radius 2 is 2.06 bits per heavy atom. The van der Waals surface area contributed by atoms with Crippen molar-refractivity contribution < 1.29 is 4.79 Å². The van der Waals surface area contributed by atoms with E-state index in [4.69, 9.17) is 0 Å². The fourth-order valence-corrected chi connectivity index (χ4v) is 1.94. The van der Waals surface area contributed by atoms with Gasteiger partial charge >= 0.3 is 0 Å². The molecule has 17 heavy (non-hydrogen) atoms. The van der Waals surface area contributed by atoms with Crippen molar-refractivity contribution in [3.05, 3.63) is 58.2 Å². The number of carbonyl (C=O) groups is 1. The number of carbonyl (C=O) groups excluding carboxylic acids is 1. The van der Waals surface area contributed by atoms with Gasteiger partial charge in [-0.25, -0.2) is 4.98 Å². The second-order valence-electron chi connectivity index (χ2n) is 3.56. The maximum Gasteiger partial charge on any atom is 0.151 e. The third-order valence-corrected chi connectivity index (χ3v) is 2.91. The van der Waals surface area contributed by atoms with Crippen LogP contribution in [-0.4, -0.2) is 11.3 Å². The lowest BCUT2D eigenvalue weighted by atomic mass is 10.2. The van der Waals surface area contributed by atoms with Gasteiger partial charge in [-0.3, -0.25) is 4.79 Å². The molecule has 1 aromatic carbocycles. The van der Waals surface area contributed by atoms with Crippen LogP contribution in [0.1, 0.15) is 15.9 Å². The van der Waals surface area contributed by atoms with Gasteiger partial charge in [-0.05, 0) is 27.6 Å². The topological polar surface area (TPSA) is 42.0 Å². The van der Waals surface area contributed by atoms with Gasteiger partial charge in [0.1, 0.15) is 5.82 Å². The zero-order valence-corrected chi connectivity index (χ0v) is 10.6. The number of nitrogens with zero attached hydrogens (tertiary/aromatic N) is 1. The number of anilines is 1. The minimum absolute atomic E-state index is 0.558. The molecule has 0 aliphatic heterocycles. The van der Waals surface area contributed by atoms with Crippen LogP contribution in [0, 0.1) is 0 Å². The number of aromatic nitrogens is 1. The molecule has 1 heterocycles. The van der Waals surface area contributed by atoms with Crippen molar-refractivity contribution in [1.29, 1.82) is 0 Å².